The second-order valence-electron chi connectivity index (χ2n) is 3.04. The van der Waals surface area contributed by atoms with Crippen molar-refractivity contribution in [3.8, 4) is 6.07 Å². The highest BCUT2D eigenvalue weighted by atomic mass is 15.0. The SMILES string of the molecule is N#CC(C1CC1)n1cccc1. The molecule has 0 aromatic carbocycles. The molecule has 2 heteroatoms. The second-order valence-corrected chi connectivity index (χ2v) is 3.04. The Morgan fingerprint density at radius 1 is 1.36 bits per heavy atom. The monoisotopic (exact) mass is 146 g/mol. The van der Waals surface area contributed by atoms with Gasteiger partial charge in [0, 0.05) is 12.4 Å². The van der Waals surface area contributed by atoms with Crippen molar-refractivity contribution in [2.24, 2.45) is 5.92 Å². The van der Waals surface area contributed by atoms with Crippen molar-refractivity contribution in [1.29, 1.82) is 5.26 Å². The summed E-state index contributed by atoms with van der Waals surface area (Å²) < 4.78 is 2.00. The number of nitriles is 1. The Morgan fingerprint density at radius 3 is 2.45 bits per heavy atom. The molecule has 1 atom stereocenters. The lowest BCUT2D eigenvalue weighted by atomic mass is 10.2. The van der Waals surface area contributed by atoms with Gasteiger partial charge in [-0.2, -0.15) is 5.26 Å². The van der Waals surface area contributed by atoms with Crippen LogP contribution in [0.5, 0.6) is 0 Å². The Balaban J connectivity index is 2.19. The molecule has 1 aliphatic carbocycles. The molecule has 1 aliphatic rings. The minimum atomic E-state index is 0.0880. The van der Waals surface area contributed by atoms with Gasteiger partial charge in [0.15, 0.2) is 0 Å². The summed E-state index contributed by atoms with van der Waals surface area (Å²) in [7, 11) is 0. The average molecular weight is 146 g/mol. The lowest BCUT2D eigenvalue weighted by Gasteiger charge is -2.07. The van der Waals surface area contributed by atoms with Crippen molar-refractivity contribution in [3.05, 3.63) is 24.5 Å². The standard InChI is InChI=1S/C9H10N2/c10-7-9(8-3-4-8)11-5-1-2-6-11/h1-2,5-6,8-9H,3-4H2. The van der Waals surface area contributed by atoms with E-state index >= 15 is 0 Å². The third kappa shape index (κ3) is 1.14. The van der Waals surface area contributed by atoms with Crippen LogP contribution in [0.15, 0.2) is 24.5 Å². The number of aromatic nitrogens is 1. The van der Waals surface area contributed by atoms with E-state index in [4.69, 9.17) is 5.26 Å². The molecule has 1 fully saturated rings. The lowest BCUT2D eigenvalue weighted by molar-refractivity contribution is 0.551. The molecule has 0 amide bonds. The van der Waals surface area contributed by atoms with Crippen LogP contribution in [0.4, 0.5) is 0 Å². The van der Waals surface area contributed by atoms with E-state index in [2.05, 4.69) is 6.07 Å². The van der Waals surface area contributed by atoms with E-state index in [0.29, 0.717) is 5.92 Å². The summed E-state index contributed by atoms with van der Waals surface area (Å²) in [6.07, 6.45) is 6.37. The Bertz CT molecular complexity index is 264. The van der Waals surface area contributed by atoms with Crippen LogP contribution in [0.1, 0.15) is 18.9 Å². The molecule has 2 rings (SSSR count). The van der Waals surface area contributed by atoms with Crippen molar-refractivity contribution >= 4 is 0 Å². The van der Waals surface area contributed by atoms with Gasteiger partial charge < -0.3 is 4.57 Å². The summed E-state index contributed by atoms with van der Waals surface area (Å²) in [5.41, 5.74) is 0. The maximum absolute atomic E-state index is 8.84. The molecule has 0 saturated heterocycles. The summed E-state index contributed by atoms with van der Waals surface area (Å²) in [5, 5.41) is 8.84. The van der Waals surface area contributed by atoms with Crippen LogP contribution >= 0.6 is 0 Å². The molecule has 2 nitrogen and oxygen atoms in total. The van der Waals surface area contributed by atoms with Gasteiger partial charge in [0.2, 0.25) is 0 Å². The van der Waals surface area contributed by atoms with Gasteiger partial charge in [-0.25, -0.2) is 0 Å². The highest BCUT2D eigenvalue weighted by Gasteiger charge is 2.31. The first-order valence-electron chi connectivity index (χ1n) is 3.94. The fourth-order valence-electron chi connectivity index (χ4n) is 1.36. The summed E-state index contributed by atoms with van der Waals surface area (Å²) in [4.78, 5) is 0. The van der Waals surface area contributed by atoms with Gasteiger partial charge in [0.25, 0.3) is 0 Å². The maximum atomic E-state index is 8.84. The van der Waals surface area contributed by atoms with E-state index in [-0.39, 0.29) is 6.04 Å². The van der Waals surface area contributed by atoms with Crippen LogP contribution in [0.25, 0.3) is 0 Å². The van der Waals surface area contributed by atoms with E-state index in [0.717, 1.165) is 0 Å². The predicted molar refractivity (Wildman–Crippen MR) is 41.8 cm³/mol. The Morgan fingerprint density at radius 2 is 2.00 bits per heavy atom. The van der Waals surface area contributed by atoms with Gasteiger partial charge >= 0.3 is 0 Å². The molecule has 0 N–H and O–H groups in total. The second kappa shape index (κ2) is 2.43. The largest absolute Gasteiger partial charge is 0.338 e. The van der Waals surface area contributed by atoms with Crippen LogP contribution in [0.2, 0.25) is 0 Å². The van der Waals surface area contributed by atoms with Gasteiger partial charge in [-0.1, -0.05) is 0 Å². The van der Waals surface area contributed by atoms with Crippen molar-refractivity contribution in [1.82, 2.24) is 4.57 Å². The normalized spacial score (nSPS) is 19.2. The van der Waals surface area contributed by atoms with Crippen molar-refractivity contribution in [3.63, 3.8) is 0 Å². The predicted octanol–water partition coefficient (Wildman–Crippen LogP) is 1.96. The molecule has 0 radical (unpaired) electrons. The first-order chi connectivity index (χ1) is 5.42. The van der Waals surface area contributed by atoms with Crippen LogP contribution in [0, 0.1) is 17.2 Å². The van der Waals surface area contributed by atoms with E-state index < -0.39 is 0 Å². The summed E-state index contributed by atoms with van der Waals surface area (Å²) in [6.45, 7) is 0. The molecule has 56 valence electrons. The van der Waals surface area contributed by atoms with Gasteiger partial charge in [-0.15, -0.1) is 0 Å². The topological polar surface area (TPSA) is 28.7 Å². The molecule has 0 aliphatic heterocycles. The molecule has 0 bridgehead atoms. The molecule has 1 aromatic rings. The highest BCUT2D eigenvalue weighted by molar-refractivity contribution is 5.04. The zero-order chi connectivity index (χ0) is 7.68. The zero-order valence-corrected chi connectivity index (χ0v) is 6.27. The number of hydrogen-bond donors (Lipinski definition) is 0. The fourth-order valence-corrected chi connectivity index (χ4v) is 1.36. The molecule has 11 heavy (non-hydrogen) atoms. The number of rotatable bonds is 2. The van der Waals surface area contributed by atoms with E-state index in [1.807, 2.05) is 29.1 Å². The van der Waals surface area contributed by atoms with Crippen LogP contribution < -0.4 is 0 Å². The molecule has 0 spiro atoms. The summed E-state index contributed by atoms with van der Waals surface area (Å²) >= 11 is 0. The third-order valence-corrected chi connectivity index (χ3v) is 2.15. The van der Waals surface area contributed by atoms with Crippen molar-refractivity contribution < 1.29 is 0 Å². The molecular weight excluding hydrogens is 136 g/mol. The number of hydrogen-bond acceptors (Lipinski definition) is 1. The molecule has 1 heterocycles. The van der Waals surface area contributed by atoms with E-state index in [1.165, 1.54) is 12.8 Å². The van der Waals surface area contributed by atoms with Crippen molar-refractivity contribution in [2.45, 2.75) is 18.9 Å². The third-order valence-electron chi connectivity index (χ3n) is 2.15. The zero-order valence-electron chi connectivity index (χ0n) is 6.27. The highest BCUT2D eigenvalue weighted by Crippen LogP contribution is 2.39. The van der Waals surface area contributed by atoms with Crippen LogP contribution in [-0.2, 0) is 0 Å². The molecule has 1 aromatic heterocycles. The van der Waals surface area contributed by atoms with Gasteiger partial charge in [0.05, 0.1) is 6.07 Å². The molecular formula is C9H10N2. The van der Waals surface area contributed by atoms with Crippen LogP contribution in [-0.4, -0.2) is 4.57 Å². The minimum absolute atomic E-state index is 0.0880. The smallest absolute Gasteiger partial charge is 0.123 e. The maximum Gasteiger partial charge on any atom is 0.123 e. The van der Waals surface area contributed by atoms with Gasteiger partial charge in [-0.05, 0) is 30.9 Å². The average Bonchev–Trinajstić information content (AvgIpc) is 2.68. The Hall–Kier alpha value is -1.23. The minimum Gasteiger partial charge on any atom is -0.338 e. The van der Waals surface area contributed by atoms with E-state index in [9.17, 15) is 0 Å². The molecule has 1 unspecified atom stereocenters. The summed E-state index contributed by atoms with van der Waals surface area (Å²) in [5.74, 6) is 0.618. The van der Waals surface area contributed by atoms with Gasteiger partial charge in [-0.3, -0.25) is 0 Å². The van der Waals surface area contributed by atoms with Crippen LogP contribution in [0.3, 0.4) is 0 Å². The number of nitrogens with zero attached hydrogens (tertiary/aromatic N) is 2. The fraction of sp³-hybridized carbons (Fsp3) is 0.444. The Kier molecular flexibility index (Phi) is 1.43. The van der Waals surface area contributed by atoms with Gasteiger partial charge in [0.1, 0.15) is 6.04 Å². The Labute approximate surface area is 66.1 Å². The van der Waals surface area contributed by atoms with E-state index in [1.54, 1.807) is 0 Å². The lowest BCUT2D eigenvalue weighted by Crippen LogP contribution is -2.05. The summed E-state index contributed by atoms with van der Waals surface area (Å²) in [6, 6.07) is 6.35. The first kappa shape index (κ1) is 6.48. The quantitative estimate of drug-likeness (QED) is 0.627. The molecule has 1 saturated carbocycles. The van der Waals surface area contributed by atoms with Crippen molar-refractivity contribution in [2.75, 3.05) is 0 Å². The first-order valence-corrected chi connectivity index (χ1v) is 3.94.